The smallest absolute Gasteiger partial charge is 0.161 e. The Kier molecular flexibility index (Phi) is 2.38. The number of allylic oxidation sites excluding steroid dienone is 2. The van der Waals surface area contributed by atoms with Crippen LogP contribution >= 0.6 is 0 Å². The van der Waals surface area contributed by atoms with Crippen molar-refractivity contribution in [3.63, 3.8) is 0 Å². The van der Waals surface area contributed by atoms with Gasteiger partial charge in [0.2, 0.25) is 0 Å². The highest BCUT2D eigenvalue weighted by atomic mass is 16.5. The number of fused-ring (bicyclic) bond motifs is 2. The number of phenols is 1. The first kappa shape index (κ1) is 13.6. The number of carbonyl (C=O) groups is 1. The summed E-state index contributed by atoms with van der Waals surface area (Å²) in [5.74, 6) is 1.87. The van der Waals surface area contributed by atoms with Gasteiger partial charge < -0.3 is 9.84 Å². The number of aromatic hydroxyl groups is 1. The molecule has 1 N–H and O–H groups in total. The van der Waals surface area contributed by atoms with Crippen LogP contribution in [-0.4, -0.2) is 18.0 Å². The van der Waals surface area contributed by atoms with E-state index in [4.69, 9.17) is 4.74 Å². The Labute approximate surface area is 136 Å². The highest BCUT2D eigenvalue weighted by Crippen LogP contribution is 2.79. The summed E-state index contributed by atoms with van der Waals surface area (Å²) >= 11 is 0. The van der Waals surface area contributed by atoms with Gasteiger partial charge in [-0.25, -0.2) is 0 Å². The second-order valence-electron chi connectivity index (χ2n) is 7.97. The van der Waals surface area contributed by atoms with Gasteiger partial charge in [-0.1, -0.05) is 12.5 Å². The number of carbonyl (C=O) groups excluding carboxylic acids is 1. The molecule has 4 aliphatic carbocycles. The lowest BCUT2D eigenvalue weighted by Gasteiger charge is -2.43. The van der Waals surface area contributed by atoms with E-state index >= 15 is 0 Å². The molecule has 0 heterocycles. The number of benzene rings is 1. The summed E-state index contributed by atoms with van der Waals surface area (Å²) in [7, 11) is 1.60. The summed E-state index contributed by atoms with van der Waals surface area (Å²) in [6, 6.07) is 3.88. The predicted molar refractivity (Wildman–Crippen MR) is 87.4 cm³/mol. The van der Waals surface area contributed by atoms with E-state index in [1.54, 1.807) is 12.7 Å². The molecule has 5 rings (SSSR count). The third-order valence-corrected chi connectivity index (χ3v) is 7.29. The van der Waals surface area contributed by atoms with Gasteiger partial charge in [-0.15, -0.1) is 0 Å². The monoisotopic (exact) mass is 310 g/mol. The highest BCUT2D eigenvalue weighted by Gasteiger charge is 2.74. The number of ketones is 1. The molecule has 0 amide bonds. The summed E-state index contributed by atoms with van der Waals surface area (Å²) < 4.78 is 5.32. The highest BCUT2D eigenvalue weighted by molar-refractivity contribution is 5.94. The van der Waals surface area contributed by atoms with Gasteiger partial charge in [-0.05, 0) is 66.9 Å². The minimum absolute atomic E-state index is 0.116. The molecule has 0 unspecified atom stereocenters. The van der Waals surface area contributed by atoms with Crippen LogP contribution in [0.4, 0.5) is 0 Å². The fourth-order valence-corrected chi connectivity index (χ4v) is 6.00. The Morgan fingerprint density at radius 1 is 1.26 bits per heavy atom. The van der Waals surface area contributed by atoms with Crippen molar-refractivity contribution in [2.24, 2.45) is 16.7 Å². The molecule has 1 spiro atoms. The Hall–Kier alpha value is -1.77. The molecule has 1 aromatic carbocycles. The molecule has 3 nitrogen and oxygen atoms in total. The van der Waals surface area contributed by atoms with Crippen LogP contribution in [0.2, 0.25) is 0 Å². The van der Waals surface area contributed by atoms with Gasteiger partial charge in [-0.2, -0.15) is 0 Å². The van der Waals surface area contributed by atoms with Crippen LogP contribution in [-0.2, 0) is 11.2 Å². The van der Waals surface area contributed by atoms with Gasteiger partial charge in [-0.3, -0.25) is 4.79 Å². The van der Waals surface area contributed by atoms with Crippen molar-refractivity contribution < 1.29 is 14.6 Å². The number of hydrogen-bond acceptors (Lipinski definition) is 3. The number of rotatable bonds is 1. The third-order valence-electron chi connectivity index (χ3n) is 7.29. The predicted octanol–water partition coefficient (Wildman–Crippen LogP) is 3.88. The lowest BCUT2D eigenvalue weighted by Crippen LogP contribution is -2.38. The molecular weight excluding hydrogens is 288 g/mol. The molecule has 1 aromatic rings. The van der Waals surface area contributed by atoms with Crippen LogP contribution in [0.1, 0.15) is 50.2 Å². The summed E-state index contributed by atoms with van der Waals surface area (Å²) in [5.41, 5.74) is 5.53. The number of hydrogen-bond donors (Lipinski definition) is 1. The second kappa shape index (κ2) is 4.00. The summed E-state index contributed by atoms with van der Waals surface area (Å²) in [4.78, 5) is 12.6. The molecule has 0 aliphatic heterocycles. The Balaban J connectivity index is 1.71. The van der Waals surface area contributed by atoms with Gasteiger partial charge in [0.15, 0.2) is 11.5 Å². The molecule has 120 valence electrons. The minimum atomic E-state index is -0.116. The van der Waals surface area contributed by atoms with Crippen LogP contribution in [0, 0.1) is 16.7 Å². The van der Waals surface area contributed by atoms with E-state index in [1.807, 2.05) is 12.1 Å². The summed E-state index contributed by atoms with van der Waals surface area (Å²) in [6.45, 7) is 2.22. The molecule has 0 aromatic heterocycles. The molecule has 2 fully saturated rings. The topological polar surface area (TPSA) is 46.5 Å². The molecule has 0 bridgehead atoms. The van der Waals surface area contributed by atoms with Gasteiger partial charge in [0.05, 0.1) is 7.11 Å². The normalized spacial score (nSPS) is 37.0. The first-order chi connectivity index (χ1) is 11.0. The Morgan fingerprint density at radius 3 is 2.87 bits per heavy atom. The summed E-state index contributed by atoms with van der Waals surface area (Å²) in [6.07, 6.45) is 5.96. The number of aryl methyl sites for hydroxylation is 1. The zero-order chi connectivity index (χ0) is 16.0. The standard InChI is InChI=1S/C20H22O3/c1-19-6-5-13-14-9-17(23-2)16(21)7-11(14)3-4-15(13)20(19)10-12(20)8-18(19)22/h7,9,12,21H,3-6,8,10H2,1-2H3/t12-,19-,20+/m1/s1. The molecular formula is C20H22O3. The van der Waals surface area contributed by atoms with Gasteiger partial charge in [0.1, 0.15) is 5.78 Å². The van der Waals surface area contributed by atoms with Gasteiger partial charge in [0, 0.05) is 17.3 Å². The maximum atomic E-state index is 12.6. The van der Waals surface area contributed by atoms with Gasteiger partial charge >= 0.3 is 0 Å². The van der Waals surface area contributed by atoms with E-state index in [2.05, 4.69) is 6.92 Å². The van der Waals surface area contributed by atoms with Crippen LogP contribution in [0.3, 0.4) is 0 Å². The number of Topliss-reactive ketones (excluding diaryl/α,β-unsaturated/α-hetero) is 1. The second-order valence-corrected chi connectivity index (χ2v) is 7.97. The van der Waals surface area contributed by atoms with E-state index < -0.39 is 0 Å². The Morgan fingerprint density at radius 2 is 2.09 bits per heavy atom. The van der Waals surface area contributed by atoms with E-state index in [0.717, 1.165) is 32.1 Å². The Bertz CT molecular complexity index is 790. The van der Waals surface area contributed by atoms with Crippen LogP contribution in [0.5, 0.6) is 11.5 Å². The minimum Gasteiger partial charge on any atom is -0.504 e. The average Bonchev–Trinajstić information content (AvgIpc) is 3.19. The maximum absolute atomic E-state index is 12.6. The van der Waals surface area contributed by atoms with Gasteiger partial charge in [0.25, 0.3) is 0 Å². The molecule has 3 heteroatoms. The van der Waals surface area contributed by atoms with Crippen molar-refractivity contribution in [2.75, 3.05) is 7.11 Å². The number of ether oxygens (including phenoxy) is 1. The summed E-state index contributed by atoms with van der Waals surface area (Å²) in [5, 5.41) is 10.1. The maximum Gasteiger partial charge on any atom is 0.161 e. The number of phenolic OH excluding ortho intramolecular Hbond substituents is 1. The van der Waals surface area contributed by atoms with Crippen molar-refractivity contribution in [1.82, 2.24) is 0 Å². The van der Waals surface area contributed by atoms with E-state index in [1.165, 1.54) is 23.1 Å². The zero-order valence-corrected chi connectivity index (χ0v) is 13.7. The molecule has 3 atom stereocenters. The fraction of sp³-hybridized carbons (Fsp3) is 0.550. The lowest BCUT2D eigenvalue weighted by molar-refractivity contribution is -0.128. The molecule has 2 saturated carbocycles. The van der Waals surface area contributed by atoms with Crippen molar-refractivity contribution in [1.29, 1.82) is 0 Å². The van der Waals surface area contributed by atoms with Crippen LogP contribution in [0.25, 0.3) is 5.57 Å². The largest absolute Gasteiger partial charge is 0.504 e. The van der Waals surface area contributed by atoms with Crippen LogP contribution < -0.4 is 4.74 Å². The molecule has 23 heavy (non-hydrogen) atoms. The van der Waals surface area contributed by atoms with E-state index in [0.29, 0.717) is 17.5 Å². The quantitative estimate of drug-likeness (QED) is 0.856. The van der Waals surface area contributed by atoms with Crippen molar-refractivity contribution in [2.45, 2.75) is 45.4 Å². The first-order valence-electron chi connectivity index (χ1n) is 8.67. The van der Waals surface area contributed by atoms with Crippen molar-refractivity contribution in [3.05, 3.63) is 28.8 Å². The van der Waals surface area contributed by atoms with Crippen LogP contribution in [0.15, 0.2) is 17.7 Å². The average molecular weight is 310 g/mol. The molecule has 0 saturated heterocycles. The van der Waals surface area contributed by atoms with E-state index in [-0.39, 0.29) is 16.6 Å². The SMILES string of the molecule is COc1cc2c(cc1O)CCC1=C2CC[C@]2(C)C(=O)C[C@@H]3C[C@@]132. The lowest BCUT2D eigenvalue weighted by atomic mass is 9.59. The van der Waals surface area contributed by atoms with Crippen molar-refractivity contribution in [3.8, 4) is 11.5 Å². The third kappa shape index (κ3) is 1.40. The molecule has 0 radical (unpaired) electrons. The van der Waals surface area contributed by atoms with E-state index in [9.17, 15) is 9.90 Å². The first-order valence-corrected chi connectivity index (χ1v) is 8.67. The number of methoxy groups -OCH3 is 1. The fourth-order valence-electron chi connectivity index (χ4n) is 6.00. The van der Waals surface area contributed by atoms with Crippen molar-refractivity contribution >= 4 is 11.4 Å². The molecule has 4 aliphatic rings. The zero-order valence-electron chi connectivity index (χ0n) is 13.7.